The zero-order valence-electron chi connectivity index (χ0n) is 13.6. The summed E-state index contributed by atoms with van der Waals surface area (Å²) >= 11 is 0. The van der Waals surface area contributed by atoms with Crippen molar-refractivity contribution in [3.8, 4) is 17.2 Å². The van der Waals surface area contributed by atoms with Crippen LogP contribution in [0.2, 0.25) is 0 Å². The molecule has 0 aliphatic carbocycles. The Balaban J connectivity index is 1.90. The normalized spacial score (nSPS) is 17.1. The minimum Gasteiger partial charge on any atom is -0.361 e. The van der Waals surface area contributed by atoms with Crippen molar-refractivity contribution in [2.24, 2.45) is 0 Å². The first-order valence-electron chi connectivity index (χ1n) is 8.24. The molecule has 1 unspecified atom stereocenters. The van der Waals surface area contributed by atoms with Gasteiger partial charge in [0, 0.05) is 17.5 Å². The van der Waals surface area contributed by atoms with Gasteiger partial charge in [-0.05, 0) is 49.4 Å². The quantitative estimate of drug-likeness (QED) is 0.715. The number of benzene rings is 1. The lowest BCUT2D eigenvalue weighted by Gasteiger charge is -2.22. The summed E-state index contributed by atoms with van der Waals surface area (Å²) in [6.45, 7) is 1.90. The van der Waals surface area contributed by atoms with Crippen molar-refractivity contribution in [1.82, 2.24) is 14.7 Å². The lowest BCUT2D eigenvalue weighted by Crippen LogP contribution is -2.12. The summed E-state index contributed by atoms with van der Waals surface area (Å²) in [7, 11) is 0. The molecule has 0 N–H and O–H groups in total. The Bertz CT molecular complexity index is 916. The Kier molecular flexibility index (Phi) is 3.66. The van der Waals surface area contributed by atoms with Gasteiger partial charge in [-0.25, -0.2) is 4.98 Å². The summed E-state index contributed by atoms with van der Waals surface area (Å²) in [5.74, 6) is 0.769. The zero-order valence-corrected chi connectivity index (χ0v) is 13.6. The van der Waals surface area contributed by atoms with Crippen LogP contribution in [0.25, 0.3) is 11.1 Å². The molecule has 120 valence electrons. The second-order valence-corrected chi connectivity index (χ2v) is 6.26. The van der Waals surface area contributed by atoms with Crippen LogP contribution in [0, 0.1) is 18.3 Å². The van der Waals surface area contributed by atoms with Crippen LogP contribution in [0.3, 0.4) is 0 Å². The van der Waals surface area contributed by atoms with E-state index in [1.54, 1.807) is 6.20 Å². The molecule has 1 aliphatic rings. The number of aryl methyl sites for hydroxylation is 2. The monoisotopic (exact) mass is 318 g/mol. The van der Waals surface area contributed by atoms with E-state index in [4.69, 9.17) is 4.52 Å². The van der Waals surface area contributed by atoms with Crippen LogP contribution in [0.1, 0.15) is 47.9 Å². The third kappa shape index (κ3) is 2.41. The molecule has 1 atom stereocenters. The highest BCUT2D eigenvalue weighted by molar-refractivity contribution is 5.70. The van der Waals surface area contributed by atoms with E-state index in [0.29, 0.717) is 5.56 Å². The second kappa shape index (κ2) is 5.97. The predicted octanol–water partition coefficient (Wildman–Crippen LogP) is 4.03. The zero-order chi connectivity index (χ0) is 16.5. The lowest BCUT2D eigenvalue weighted by molar-refractivity contribution is 0.398. The van der Waals surface area contributed by atoms with Crippen LogP contribution in [0.5, 0.6) is 0 Å². The topological polar surface area (TPSA) is 67.6 Å². The van der Waals surface area contributed by atoms with Crippen molar-refractivity contribution in [3.63, 3.8) is 0 Å². The molecule has 5 heteroatoms. The number of hydrogen-bond donors (Lipinski definition) is 0. The molecular weight excluding hydrogens is 300 g/mol. The minimum absolute atomic E-state index is 0.224. The molecule has 3 heterocycles. The highest BCUT2D eigenvalue weighted by Crippen LogP contribution is 2.37. The Labute approximate surface area is 140 Å². The Hall–Kier alpha value is -2.87. The fraction of sp³-hybridized carbons (Fsp3) is 0.316. The first kappa shape index (κ1) is 14.7. The fourth-order valence-electron chi connectivity index (χ4n) is 3.60. The van der Waals surface area contributed by atoms with E-state index in [0.717, 1.165) is 29.7 Å². The number of rotatable bonds is 2. The van der Waals surface area contributed by atoms with E-state index < -0.39 is 0 Å². The van der Waals surface area contributed by atoms with Gasteiger partial charge in [-0.3, -0.25) is 0 Å². The van der Waals surface area contributed by atoms with Crippen LogP contribution >= 0.6 is 0 Å². The van der Waals surface area contributed by atoms with Gasteiger partial charge in [-0.1, -0.05) is 17.6 Å². The van der Waals surface area contributed by atoms with E-state index in [1.807, 2.05) is 31.6 Å². The molecular formula is C19H18N4O. The number of nitrogens with zero attached hydrogens (tertiary/aromatic N) is 4. The van der Waals surface area contributed by atoms with E-state index in [1.165, 1.54) is 24.1 Å². The molecule has 5 nitrogen and oxygen atoms in total. The van der Waals surface area contributed by atoms with Gasteiger partial charge in [0.1, 0.15) is 5.76 Å². The van der Waals surface area contributed by atoms with Crippen molar-refractivity contribution < 1.29 is 4.52 Å². The van der Waals surface area contributed by atoms with Crippen LogP contribution < -0.4 is 0 Å². The van der Waals surface area contributed by atoms with Gasteiger partial charge in [0.15, 0.2) is 0 Å². The Morgan fingerprint density at radius 2 is 2.17 bits per heavy atom. The third-order valence-corrected chi connectivity index (χ3v) is 4.82. The molecule has 4 rings (SSSR count). The first-order chi connectivity index (χ1) is 11.8. The average molecular weight is 318 g/mol. The summed E-state index contributed by atoms with van der Waals surface area (Å²) in [4.78, 5) is 4.34. The molecule has 2 aromatic heterocycles. The van der Waals surface area contributed by atoms with E-state index in [9.17, 15) is 5.26 Å². The smallest absolute Gasteiger partial charge is 0.141 e. The fourth-order valence-corrected chi connectivity index (χ4v) is 3.60. The Morgan fingerprint density at radius 3 is 2.96 bits per heavy atom. The minimum atomic E-state index is 0.224. The highest BCUT2D eigenvalue weighted by atomic mass is 16.5. The molecule has 0 fully saturated rings. The van der Waals surface area contributed by atoms with Gasteiger partial charge >= 0.3 is 0 Å². The van der Waals surface area contributed by atoms with Crippen molar-refractivity contribution in [3.05, 3.63) is 59.5 Å². The molecule has 1 aliphatic heterocycles. The standard InChI is InChI=1S/C19H18N4O/c1-13-18(11-22-24-13)17-8-14(9-20)6-7-16(17)19-5-3-2-4-15-10-21-12-23(15)19/h6-8,10-12,19H,2-5H2,1H3. The third-order valence-electron chi connectivity index (χ3n) is 4.82. The largest absolute Gasteiger partial charge is 0.361 e. The number of hydrogen-bond acceptors (Lipinski definition) is 4. The number of nitriles is 1. The second-order valence-electron chi connectivity index (χ2n) is 6.26. The van der Waals surface area contributed by atoms with E-state index >= 15 is 0 Å². The van der Waals surface area contributed by atoms with Gasteiger partial charge in [0.2, 0.25) is 0 Å². The average Bonchev–Trinajstić information content (AvgIpc) is 3.19. The van der Waals surface area contributed by atoms with Gasteiger partial charge in [0.05, 0.1) is 30.2 Å². The van der Waals surface area contributed by atoms with Gasteiger partial charge in [-0.15, -0.1) is 0 Å². The van der Waals surface area contributed by atoms with Gasteiger partial charge in [0.25, 0.3) is 0 Å². The van der Waals surface area contributed by atoms with Crippen LogP contribution in [-0.2, 0) is 6.42 Å². The summed E-state index contributed by atoms with van der Waals surface area (Å²) in [6.07, 6.45) is 10.1. The first-order valence-corrected chi connectivity index (χ1v) is 8.24. The number of aromatic nitrogens is 3. The molecule has 0 saturated carbocycles. The van der Waals surface area contributed by atoms with E-state index in [2.05, 4.69) is 26.8 Å². The summed E-state index contributed by atoms with van der Waals surface area (Å²) in [5.41, 5.74) is 5.09. The molecule has 0 bridgehead atoms. The highest BCUT2D eigenvalue weighted by Gasteiger charge is 2.24. The molecule has 0 spiro atoms. The molecule has 0 radical (unpaired) electrons. The predicted molar refractivity (Wildman–Crippen MR) is 89.3 cm³/mol. The van der Waals surface area contributed by atoms with Crippen LogP contribution in [-0.4, -0.2) is 14.7 Å². The van der Waals surface area contributed by atoms with Crippen LogP contribution in [0.15, 0.2) is 41.4 Å². The molecule has 0 saturated heterocycles. The summed E-state index contributed by atoms with van der Waals surface area (Å²) in [6, 6.07) is 8.36. The maximum atomic E-state index is 9.30. The van der Waals surface area contributed by atoms with Crippen molar-refractivity contribution in [1.29, 1.82) is 5.26 Å². The molecule has 1 aromatic carbocycles. The molecule has 24 heavy (non-hydrogen) atoms. The van der Waals surface area contributed by atoms with Gasteiger partial charge < -0.3 is 9.09 Å². The number of imidazole rings is 1. The van der Waals surface area contributed by atoms with Crippen molar-refractivity contribution in [2.45, 2.75) is 38.6 Å². The van der Waals surface area contributed by atoms with Crippen molar-refractivity contribution in [2.75, 3.05) is 0 Å². The lowest BCUT2D eigenvalue weighted by atomic mass is 9.91. The SMILES string of the molecule is Cc1oncc1-c1cc(C#N)ccc1C1CCCCc2cncn21. The van der Waals surface area contributed by atoms with Gasteiger partial charge in [-0.2, -0.15) is 5.26 Å². The summed E-state index contributed by atoms with van der Waals surface area (Å²) < 4.78 is 7.54. The number of fused-ring (bicyclic) bond motifs is 1. The van der Waals surface area contributed by atoms with E-state index in [-0.39, 0.29) is 6.04 Å². The summed E-state index contributed by atoms with van der Waals surface area (Å²) in [5, 5.41) is 13.2. The van der Waals surface area contributed by atoms with Crippen LogP contribution in [0.4, 0.5) is 0 Å². The maximum Gasteiger partial charge on any atom is 0.141 e. The van der Waals surface area contributed by atoms with Crippen molar-refractivity contribution >= 4 is 0 Å². The molecule has 3 aromatic rings. The molecule has 0 amide bonds. The Morgan fingerprint density at radius 1 is 1.25 bits per heavy atom. The maximum absolute atomic E-state index is 9.30.